The molecule has 7 N–H and O–H groups in total. The van der Waals surface area contributed by atoms with E-state index in [2.05, 4.69) is 11.9 Å². The molecule has 2 aromatic rings. The molecule has 0 bridgehead atoms. The van der Waals surface area contributed by atoms with Crippen LogP contribution in [0.5, 0.6) is 0 Å². The lowest BCUT2D eigenvalue weighted by molar-refractivity contribution is 0.0956. The number of benzene rings is 3. The van der Waals surface area contributed by atoms with Crippen LogP contribution in [0.25, 0.3) is 33.4 Å². The van der Waals surface area contributed by atoms with Crippen LogP contribution in [0, 0.1) is 5.41 Å². The summed E-state index contributed by atoms with van der Waals surface area (Å²) in [5, 5.41) is 9.86. The van der Waals surface area contributed by atoms with E-state index in [1.165, 1.54) is 0 Å². The van der Waals surface area contributed by atoms with E-state index in [-0.39, 0.29) is 28.6 Å². The van der Waals surface area contributed by atoms with Crippen LogP contribution in [0.15, 0.2) is 73.6 Å². The van der Waals surface area contributed by atoms with E-state index in [9.17, 15) is 52.1 Å². The van der Waals surface area contributed by atoms with E-state index < -0.39 is 94.5 Å². The standard InChI is InChI=1S/C24H21N3O13S4/c1-2-41(29,30)10-9-27-24(28)12-3-4-13(18(11-12)42(31,32)33)19-14-5-7-16(25)22(43(34,35)36)20(14)40-21-15(19)6-8-17(26)23(21)44(37,38)39/h2-8,11,25H,1,9-10,26H2,(H,27,28)(H,31,32,33)(H,34,35,36)(H,37,38,39). The zero-order valence-electron chi connectivity index (χ0n) is 21.9. The van der Waals surface area contributed by atoms with Crippen LogP contribution in [0.3, 0.4) is 0 Å². The van der Waals surface area contributed by atoms with Crippen molar-refractivity contribution in [3.8, 4) is 22.5 Å². The molecule has 234 valence electrons. The number of fused-ring (bicyclic) bond motifs is 2. The molecule has 2 aliphatic rings. The van der Waals surface area contributed by atoms with Gasteiger partial charge in [-0.25, -0.2) is 8.42 Å². The Morgan fingerprint density at radius 1 is 0.886 bits per heavy atom. The monoisotopic (exact) mass is 687 g/mol. The highest BCUT2D eigenvalue weighted by molar-refractivity contribution is 7.94. The van der Waals surface area contributed by atoms with Crippen molar-refractivity contribution < 1.29 is 56.5 Å². The Morgan fingerprint density at radius 2 is 1.50 bits per heavy atom. The smallest absolute Gasteiger partial charge is 0.300 e. The maximum absolute atomic E-state index is 12.7. The molecule has 0 atom stereocenters. The number of rotatable bonds is 9. The van der Waals surface area contributed by atoms with E-state index in [1.807, 2.05) is 0 Å². The van der Waals surface area contributed by atoms with Crippen molar-refractivity contribution in [1.82, 2.24) is 5.32 Å². The summed E-state index contributed by atoms with van der Waals surface area (Å²) in [5.41, 5.74) is 2.89. The molecule has 0 unspecified atom stereocenters. The average Bonchev–Trinajstić information content (AvgIpc) is 2.89. The molecule has 0 saturated carbocycles. The predicted octanol–water partition coefficient (Wildman–Crippen LogP) is 1.29. The molecule has 20 heteroatoms. The van der Waals surface area contributed by atoms with Crippen LogP contribution in [0.4, 0.5) is 5.69 Å². The van der Waals surface area contributed by atoms with E-state index in [1.54, 1.807) is 0 Å². The summed E-state index contributed by atoms with van der Waals surface area (Å²) in [7, 11) is -19.4. The minimum Gasteiger partial charge on any atom is -0.453 e. The average molecular weight is 688 g/mol. The van der Waals surface area contributed by atoms with Gasteiger partial charge in [0, 0.05) is 39.6 Å². The van der Waals surface area contributed by atoms with Crippen LogP contribution < -0.4 is 16.4 Å². The maximum Gasteiger partial charge on any atom is 0.300 e. The Morgan fingerprint density at radius 3 is 2.07 bits per heavy atom. The number of nitrogens with one attached hydrogen (secondary N) is 2. The number of hydrogen-bond donors (Lipinski definition) is 6. The van der Waals surface area contributed by atoms with Gasteiger partial charge in [-0.15, -0.1) is 0 Å². The van der Waals surface area contributed by atoms with E-state index in [0.717, 1.165) is 36.4 Å². The minimum atomic E-state index is -5.26. The van der Waals surface area contributed by atoms with Crippen molar-refractivity contribution in [3.63, 3.8) is 0 Å². The van der Waals surface area contributed by atoms with Crippen molar-refractivity contribution in [1.29, 1.82) is 5.41 Å². The van der Waals surface area contributed by atoms with Gasteiger partial charge < -0.3 is 15.5 Å². The molecule has 1 heterocycles. The molecule has 44 heavy (non-hydrogen) atoms. The maximum atomic E-state index is 12.7. The number of sulfone groups is 1. The van der Waals surface area contributed by atoms with Gasteiger partial charge in [0.05, 0.1) is 16.8 Å². The Balaban J connectivity index is 2.13. The zero-order chi connectivity index (χ0) is 33.0. The number of carbonyl (C=O) groups excluding carboxylic acids is 1. The van der Waals surface area contributed by atoms with Gasteiger partial charge in [-0.3, -0.25) is 23.9 Å². The highest BCUT2D eigenvalue weighted by atomic mass is 32.2. The Hall–Kier alpha value is -4.18. The largest absolute Gasteiger partial charge is 0.453 e. The molecule has 1 amide bonds. The molecule has 1 aliphatic heterocycles. The number of anilines is 1. The van der Waals surface area contributed by atoms with Gasteiger partial charge in [0.2, 0.25) is 0 Å². The summed E-state index contributed by atoms with van der Waals surface area (Å²) in [6.45, 7) is 2.75. The SMILES string of the molecule is C=CS(=O)(=O)CCNC(=O)c1ccc(-c2c3ccc(=N)c(S(=O)(=O)O)c-3oc3c(S(=O)(=O)O)c(N)ccc23)c(S(=O)(=O)O)c1. The predicted molar refractivity (Wildman–Crippen MR) is 154 cm³/mol. The molecule has 4 rings (SSSR count). The quantitative estimate of drug-likeness (QED) is 0.0821. The minimum absolute atomic E-state index is 0.296. The fourth-order valence-electron chi connectivity index (χ4n) is 4.37. The third kappa shape index (κ3) is 6.22. The Labute approximate surface area is 249 Å². The molecule has 0 saturated heterocycles. The van der Waals surface area contributed by atoms with Gasteiger partial charge in [-0.1, -0.05) is 12.6 Å². The first-order valence-corrected chi connectivity index (χ1v) is 17.8. The van der Waals surface area contributed by atoms with Gasteiger partial charge in [0.25, 0.3) is 36.3 Å². The number of hydrogen-bond acceptors (Lipinski definition) is 12. The van der Waals surface area contributed by atoms with E-state index in [4.69, 9.17) is 15.6 Å². The molecule has 16 nitrogen and oxygen atoms in total. The summed E-state index contributed by atoms with van der Waals surface area (Å²) in [6, 6.07) is 6.91. The van der Waals surface area contributed by atoms with Crippen molar-refractivity contribution in [2.24, 2.45) is 0 Å². The summed E-state index contributed by atoms with van der Waals surface area (Å²) in [4.78, 5) is 9.54. The highest BCUT2D eigenvalue weighted by Crippen LogP contribution is 2.46. The molecule has 0 spiro atoms. The van der Waals surface area contributed by atoms with Crippen LogP contribution in [-0.2, 0) is 40.2 Å². The van der Waals surface area contributed by atoms with Gasteiger partial charge in [0.15, 0.2) is 31.0 Å². The van der Waals surface area contributed by atoms with Gasteiger partial charge in [-0.05, 0) is 36.4 Å². The number of nitrogens with two attached hydrogens (primary N) is 1. The fraction of sp³-hybridized carbons (Fsp3) is 0.0833. The first-order valence-electron chi connectivity index (χ1n) is 11.7. The third-order valence-electron chi connectivity index (χ3n) is 6.23. The second-order valence-corrected chi connectivity index (χ2v) is 15.3. The highest BCUT2D eigenvalue weighted by Gasteiger charge is 2.32. The van der Waals surface area contributed by atoms with E-state index >= 15 is 0 Å². The summed E-state index contributed by atoms with van der Waals surface area (Å²) < 4.78 is 133. The summed E-state index contributed by atoms with van der Waals surface area (Å²) >= 11 is 0. The molecule has 0 fully saturated rings. The van der Waals surface area contributed by atoms with E-state index in [0.29, 0.717) is 11.5 Å². The normalized spacial score (nSPS) is 12.8. The summed E-state index contributed by atoms with van der Waals surface area (Å²) in [5.74, 6) is -2.32. The van der Waals surface area contributed by atoms with Crippen LogP contribution >= 0.6 is 0 Å². The van der Waals surface area contributed by atoms with Crippen molar-refractivity contribution in [2.45, 2.75) is 14.7 Å². The lowest BCUT2D eigenvalue weighted by Crippen LogP contribution is -2.28. The first kappa shape index (κ1) is 32.7. The molecule has 1 aliphatic carbocycles. The van der Waals surface area contributed by atoms with Gasteiger partial charge >= 0.3 is 0 Å². The van der Waals surface area contributed by atoms with Crippen LogP contribution in [0.2, 0.25) is 0 Å². The lowest BCUT2D eigenvalue weighted by atomic mass is 9.92. The van der Waals surface area contributed by atoms with Crippen LogP contribution in [0.1, 0.15) is 10.4 Å². The molecular formula is C24H21N3O13S4. The van der Waals surface area contributed by atoms with Crippen molar-refractivity contribution >= 4 is 62.8 Å². The second kappa shape index (κ2) is 11.1. The lowest BCUT2D eigenvalue weighted by Gasteiger charge is -2.20. The number of nitrogen functional groups attached to an aromatic ring is 1. The fourth-order valence-corrected chi connectivity index (χ4v) is 7.13. The third-order valence-corrected chi connectivity index (χ3v) is 10.3. The van der Waals surface area contributed by atoms with Crippen LogP contribution in [-0.4, -0.2) is 65.5 Å². The second-order valence-electron chi connectivity index (χ2n) is 9.08. The number of carbonyl (C=O) groups is 1. The molecule has 2 aromatic carbocycles. The zero-order valence-corrected chi connectivity index (χ0v) is 25.1. The Bertz CT molecular complexity index is 2360. The first-order chi connectivity index (χ1) is 20.2. The molecule has 0 radical (unpaired) electrons. The number of amides is 1. The van der Waals surface area contributed by atoms with Crippen molar-refractivity contribution in [2.75, 3.05) is 18.0 Å². The molecule has 0 aromatic heterocycles. The topological polar surface area (TPSA) is 289 Å². The van der Waals surface area contributed by atoms with Gasteiger partial charge in [0.1, 0.15) is 4.90 Å². The van der Waals surface area contributed by atoms with Gasteiger partial charge in [-0.2, -0.15) is 25.3 Å². The van der Waals surface area contributed by atoms with Crippen molar-refractivity contribution in [3.05, 3.63) is 65.4 Å². The molecular weight excluding hydrogens is 667 g/mol. The summed E-state index contributed by atoms with van der Waals surface area (Å²) in [6.07, 6.45) is 0. The Kier molecular flexibility index (Phi) is 8.23.